The molecule has 5 heterocycles. The van der Waals surface area contributed by atoms with Crippen molar-refractivity contribution in [2.45, 2.75) is 38.8 Å². The quantitative estimate of drug-likeness (QED) is 0.410. The van der Waals surface area contributed by atoms with Crippen molar-refractivity contribution in [1.82, 2.24) is 29.7 Å². The summed E-state index contributed by atoms with van der Waals surface area (Å²) in [6.07, 6.45) is 1.90. The van der Waals surface area contributed by atoms with E-state index in [1.54, 1.807) is 13.0 Å². The number of allylic oxidation sites excluding steroid dienone is 2. The van der Waals surface area contributed by atoms with Gasteiger partial charge >= 0.3 is 6.18 Å². The molecule has 0 unspecified atom stereocenters. The molecule has 12 nitrogen and oxygen atoms in total. The van der Waals surface area contributed by atoms with Gasteiger partial charge in [-0.05, 0) is 37.8 Å². The summed E-state index contributed by atoms with van der Waals surface area (Å²) in [5.41, 5.74) is 4.41. The molecular weight excluding hydrogens is 591 g/mol. The molecule has 244 valence electrons. The molecule has 3 aliphatic heterocycles. The molecule has 3 saturated heterocycles. The van der Waals surface area contributed by atoms with E-state index in [1.807, 2.05) is 14.7 Å². The van der Waals surface area contributed by atoms with Gasteiger partial charge in [-0.15, -0.1) is 0 Å². The molecular formula is C30H40F3N9O3. The molecule has 2 N–H and O–H groups in total. The minimum absolute atomic E-state index is 0.0288. The number of hydrogen-bond acceptors (Lipinski definition) is 11. The molecule has 45 heavy (non-hydrogen) atoms. The molecule has 3 fully saturated rings. The molecule has 0 saturated carbocycles. The van der Waals surface area contributed by atoms with Crippen molar-refractivity contribution in [3.63, 3.8) is 0 Å². The Morgan fingerprint density at radius 2 is 1.60 bits per heavy atom. The van der Waals surface area contributed by atoms with Gasteiger partial charge in [-0.2, -0.15) is 28.1 Å². The number of nitrogen functional groups attached to an aromatic ring is 1. The number of likely N-dealkylation sites (tertiary alicyclic amines) is 1. The minimum atomic E-state index is -4.67. The first-order chi connectivity index (χ1) is 21.6. The highest BCUT2D eigenvalue weighted by atomic mass is 19.4. The number of pyridine rings is 1. The Morgan fingerprint density at radius 3 is 2.22 bits per heavy atom. The van der Waals surface area contributed by atoms with Crippen molar-refractivity contribution < 1.29 is 27.5 Å². The van der Waals surface area contributed by atoms with E-state index in [9.17, 15) is 22.8 Å². The van der Waals surface area contributed by atoms with Crippen molar-refractivity contribution >= 4 is 29.4 Å². The Labute approximate surface area is 260 Å². The average Bonchev–Trinajstić information content (AvgIpc) is 3.04. The van der Waals surface area contributed by atoms with E-state index >= 15 is 0 Å². The van der Waals surface area contributed by atoms with Crippen LogP contribution in [0.1, 0.15) is 38.2 Å². The third kappa shape index (κ3) is 8.45. The second kappa shape index (κ2) is 14.5. The number of amides is 1. The van der Waals surface area contributed by atoms with Crippen molar-refractivity contribution in [3.8, 4) is 11.4 Å². The zero-order chi connectivity index (χ0) is 32.0. The van der Waals surface area contributed by atoms with Crippen molar-refractivity contribution in [1.29, 1.82) is 0 Å². The third-order valence-corrected chi connectivity index (χ3v) is 8.45. The van der Waals surface area contributed by atoms with Crippen LogP contribution in [0.3, 0.4) is 0 Å². The van der Waals surface area contributed by atoms with Gasteiger partial charge in [0.2, 0.25) is 17.8 Å². The third-order valence-electron chi connectivity index (χ3n) is 8.45. The lowest BCUT2D eigenvalue weighted by molar-refractivity contribution is -0.137. The topological polar surface area (TPSA) is 134 Å². The van der Waals surface area contributed by atoms with Gasteiger partial charge in [-0.1, -0.05) is 6.08 Å². The summed E-state index contributed by atoms with van der Waals surface area (Å²) < 4.78 is 47.4. The molecule has 2 aromatic heterocycles. The van der Waals surface area contributed by atoms with Gasteiger partial charge in [0.05, 0.1) is 24.3 Å². The lowest BCUT2D eigenvalue weighted by Crippen LogP contribution is -2.49. The number of carbonyl (C=O) groups excluding carboxylic acids is 2. The van der Waals surface area contributed by atoms with Crippen LogP contribution in [0.2, 0.25) is 0 Å². The average molecular weight is 632 g/mol. The van der Waals surface area contributed by atoms with Gasteiger partial charge in [0.1, 0.15) is 5.82 Å². The fourth-order valence-electron chi connectivity index (χ4n) is 5.92. The minimum Gasteiger partial charge on any atom is -0.384 e. The molecule has 0 aromatic carbocycles. The summed E-state index contributed by atoms with van der Waals surface area (Å²) in [4.78, 5) is 49.9. The van der Waals surface area contributed by atoms with Gasteiger partial charge in [0.15, 0.2) is 11.6 Å². The van der Waals surface area contributed by atoms with E-state index in [2.05, 4.69) is 24.8 Å². The summed E-state index contributed by atoms with van der Waals surface area (Å²) in [6.45, 7) is 8.75. The van der Waals surface area contributed by atoms with Crippen molar-refractivity contribution in [2.24, 2.45) is 5.92 Å². The molecule has 0 atom stereocenters. The SMILES string of the molecule is C/C=C/C(=O)CCC(=O)N1CCC(CN2CCN(c3nc(-c4cnc(N)cc4C(F)(F)F)nc(N4CCOCC4)n3)CC2)CC1. The van der Waals surface area contributed by atoms with Gasteiger partial charge in [-0.3, -0.25) is 14.5 Å². The molecule has 3 aliphatic rings. The molecule has 5 rings (SSSR count). The zero-order valence-electron chi connectivity index (χ0n) is 25.5. The number of halogens is 3. The number of piperidine rings is 1. The molecule has 0 aliphatic carbocycles. The molecule has 15 heteroatoms. The second-order valence-electron chi connectivity index (χ2n) is 11.6. The molecule has 2 aromatic rings. The zero-order valence-corrected chi connectivity index (χ0v) is 25.5. The smallest absolute Gasteiger partial charge is 0.384 e. The number of nitrogens with two attached hydrogens (primary N) is 1. The van der Waals surface area contributed by atoms with Crippen molar-refractivity contribution in [3.05, 3.63) is 30.0 Å². The number of morpholine rings is 1. The summed E-state index contributed by atoms with van der Waals surface area (Å²) in [7, 11) is 0. The molecule has 0 spiro atoms. The number of ether oxygens (including phenoxy) is 1. The highest BCUT2D eigenvalue weighted by molar-refractivity contribution is 5.92. The van der Waals surface area contributed by atoms with Crippen LogP contribution in [0.15, 0.2) is 24.4 Å². The summed E-state index contributed by atoms with van der Waals surface area (Å²) in [6, 6.07) is 0.804. The van der Waals surface area contributed by atoms with Gasteiger partial charge in [-0.25, -0.2) is 4.98 Å². The highest BCUT2D eigenvalue weighted by Crippen LogP contribution is 2.37. The van der Waals surface area contributed by atoms with Gasteiger partial charge in [0, 0.05) is 77.9 Å². The maximum Gasteiger partial charge on any atom is 0.417 e. The van der Waals surface area contributed by atoms with E-state index in [4.69, 9.17) is 10.5 Å². The number of hydrogen-bond donors (Lipinski definition) is 1. The Morgan fingerprint density at radius 1 is 0.956 bits per heavy atom. The van der Waals surface area contributed by atoms with E-state index in [-0.39, 0.29) is 41.7 Å². The van der Waals surface area contributed by atoms with Crippen LogP contribution in [-0.4, -0.2) is 114 Å². The van der Waals surface area contributed by atoms with Crippen LogP contribution in [-0.2, 0) is 20.5 Å². The summed E-state index contributed by atoms with van der Waals surface area (Å²) in [5.74, 6) is 0.754. The summed E-state index contributed by atoms with van der Waals surface area (Å²) >= 11 is 0. The van der Waals surface area contributed by atoms with Crippen LogP contribution < -0.4 is 15.5 Å². The Kier molecular flexibility index (Phi) is 10.5. The lowest BCUT2D eigenvalue weighted by atomic mass is 9.95. The molecule has 0 radical (unpaired) electrons. The highest BCUT2D eigenvalue weighted by Gasteiger charge is 2.36. The van der Waals surface area contributed by atoms with E-state index in [0.29, 0.717) is 70.3 Å². The number of alkyl halides is 3. The maximum absolute atomic E-state index is 14.0. The van der Waals surface area contributed by atoms with Crippen LogP contribution in [0.4, 0.5) is 30.9 Å². The standard InChI is InChI=1S/C30H40F3N9O3/c1-2-3-22(43)4-5-26(44)40-8-6-21(7-9-40)20-39-10-12-41(13-11-39)28-36-27(37-29(38-28)42-14-16-45-17-15-42)23-19-35-25(34)18-24(23)30(31,32)33/h2-3,18-19,21H,4-17,20H2,1H3,(H2,34,35)/b3-2+. The number of anilines is 3. The lowest BCUT2D eigenvalue weighted by Gasteiger charge is -2.39. The normalized spacial score (nSPS) is 19.0. The Bertz CT molecular complexity index is 1370. The largest absolute Gasteiger partial charge is 0.417 e. The number of rotatable bonds is 9. The van der Waals surface area contributed by atoms with Gasteiger partial charge in [0.25, 0.3) is 0 Å². The van der Waals surface area contributed by atoms with Crippen LogP contribution in [0.5, 0.6) is 0 Å². The second-order valence-corrected chi connectivity index (χ2v) is 11.6. The predicted molar refractivity (Wildman–Crippen MR) is 163 cm³/mol. The van der Waals surface area contributed by atoms with E-state index in [1.165, 1.54) is 6.08 Å². The Hall–Kier alpha value is -3.85. The maximum atomic E-state index is 14.0. The number of nitrogens with zero attached hydrogens (tertiary/aromatic N) is 8. The molecule has 1 amide bonds. The fraction of sp³-hybridized carbons (Fsp3) is 0.600. The van der Waals surface area contributed by atoms with E-state index in [0.717, 1.165) is 44.7 Å². The van der Waals surface area contributed by atoms with Crippen LogP contribution in [0.25, 0.3) is 11.4 Å². The number of ketones is 1. The van der Waals surface area contributed by atoms with Crippen LogP contribution >= 0.6 is 0 Å². The van der Waals surface area contributed by atoms with Gasteiger partial charge < -0.3 is 25.2 Å². The first kappa shape index (κ1) is 32.5. The van der Waals surface area contributed by atoms with Crippen molar-refractivity contribution in [2.75, 3.05) is 87.7 Å². The predicted octanol–water partition coefficient (Wildman–Crippen LogP) is 2.66. The van der Waals surface area contributed by atoms with E-state index < -0.39 is 11.7 Å². The molecule has 0 bridgehead atoms. The summed E-state index contributed by atoms with van der Waals surface area (Å²) in [5, 5.41) is 0. The Balaban J connectivity index is 1.22. The first-order valence-electron chi connectivity index (χ1n) is 15.4. The number of aromatic nitrogens is 4. The fourth-order valence-corrected chi connectivity index (χ4v) is 5.92. The number of piperazine rings is 1. The van der Waals surface area contributed by atoms with Crippen LogP contribution in [0, 0.1) is 5.92 Å². The monoisotopic (exact) mass is 631 g/mol. The first-order valence-corrected chi connectivity index (χ1v) is 15.4. The number of carbonyl (C=O) groups is 2.